The normalized spacial score (nSPS) is 14.1. The molecule has 0 radical (unpaired) electrons. The van der Waals surface area contributed by atoms with Crippen LogP contribution in [-0.4, -0.2) is 16.8 Å². The van der Waals surface area contributed by atoms with Gasteiger partial charge in [0.15, 0.2) is 0 Å². The fourth-order valence-corrected chi connectivity index (χ4v) is 6.84. The minimum Gasteiger partial charge on any atom is -0.207 e. The molecule has 2 N–H and O–H groups in total. The van der Waals surface area contributed by atoms with Gasteiger partial charge in [-0.15, -0.1) is 0 Å². The van der Waals surface area contributed by atoms with Gasteiger partial charge in [-0.1, -0.05) is 84.9 Å². The van der Waals surface area contributed by atoms with Crippen molar-refractivity contribution < 1.29 is 16.8 Å². The van der Waals surface area contributed by atoms with Crippen molar-refractivity contribution in [3.05, 3.63) is 108 Å². The van der Waals surface area contributed by atoms with Crippen molar-refractivity contribution in [2.24, 2.45) is 0 Å². The standard InChI is InChI=1S/C26H26N2O4S2/c1-19(21-11-5-3-6-12-21)27-33(29,30)25-17-9-16-24-23(25)15-10-18-26(24)34(31,32)28-20(2)22-13-7-4-8-14-22/h3-20,27-28H,1-2H3/t19-,20-/m1/s1. The third-order valence-corrected chi connectivity index (χ3v) is 8.88. The van der Waals surface area contributed by atoms with E-state index >= 15 is 0 Å². The van der Waals surface area contributed by atoms with Gasteiger partial charge in [-0.2, -0.15) is 0 Å². The van der Waals surface area contributed by atoms with Gasteiger partial charge in [0.2, 0.25) is 20.0 Å². The Kier molecular flexibility index (Phi) is 6.86. The number of hydrogen-bond acceptors (Lipinski definition) is 4. The number of sulfonamides is 2. The molecule has 0 aliphatic heterocycles. The van der Waals surface area contributed by atoms with Crippen LogP contribution < -0.4 is 9.44 Å². The topological polar surface area (TPSA) is 92.3 Å². The zero-order valence-electron chi connectivity index (χ0n) is 18.8. The average molecular weight is 495 g/mol. The molecule has 4 aromatic carbocycles. The summed E-state index contributed by atoms with van der Waals surface area (Å²) >= 11 is 0. The van der Waals surface area contributed by atoms with E-state index in [4.69, 9.17) is 0 Å². The zero-order chi connectivity index (χ0) is 24.3. The van der Waals surface area contributed by atoms with Crippen molar-refractivity contribution in [1.82, 2.24) is 9.44 Å². The molecule has 0 saturated carbocycles. The highest BCUT2D eigenvalue weighted by Crippen LogP contribution is 2.30. The van der Waals surface area contributed by atoms with Crippen LogP contribution in [0.5, 0.6) is 0 Å². The van der Waals surface area contributed by atoms with Crippen molar-refractivity contribution in [2.45, 2.75) is 35.7 Å². The lowest BCUT2D eigenvalue weighted by Gasteiger charge is -2.18. The SMILES string of the molecule is C[C@@H](NS(=O)(=O)c1cccc2c(S(=O)(=O)N[C@H](C)c3ccccc3)cccc12)c1ccccc1. The molecule has 0 fully saturated rings. The molecule has 0 aliphatic rings. The van der Waals surface area contributed by atoms with Gasteiger partial charge < -0.3 is 0 Å². The van der Waals surface area contributed by atoms with Crippen LogP contribution in [0.2, 0.25) is 0 Å². The third-order valence-electron chi connectivity index (χ3n) is 5.68. The minimum atomic E-state index is -3.93. The molecule has 0 unspecified atom stereocenters. The Morgan fingerprint density at radius 1 is 0.500 bits per heavy atom. The van der Waals surface area contributed by atoms with Crippen molar-refractivity contribution >= 4 is 30.8 Å². The second-order valence-corrected chi connectivity index (χ2v) is 11.5. The highest BCUT2D eigenvalue weighted by Gasteiger charge is 2.25. The number of nitrogens with one attached hydrogen (secondary N) is 2. The molecular formula is C26H26N2O4S2. The number of hydrogen-bond donors (Lipinski definition) is 2. The Bertz CT molecular complexity index is 1390. The summed E-state index contributed by atoms with van der Waals surface area (Å²) in [7, 11) is -7.86. The van der Waals surface area contributed by atoms with E-state index in [1.807, 2.05) is 60.7 Å². The monoisotopic (exact) mass is 494 g/mol. The molecule has 8 heteroatoms. The number of fused-ring (bicyclic) bond motifs is 1. The Morgan fingerprint density at radius 2 is 0.853 bits per heavy atom. The summed E-state index contributed by atoms with van der Waals surface area (Å²) in [4.78, 5) is 0.0573. The fraction of sp³-hybridized carbons (Fsp3) is 0.154. The van der Waals surface area contributed by atoms with Crippen LogP contribution in [0.1, 0.15) is 37.1 Å². The third kappa shape index (κ3) is 5.05. The largest absolute Gasteiger partial charge is 0.241 e. The van der Waals surface area contributed by atoms with E-state index < -0.39 is 32.1 Å². The van der Waals surface area contributed by atoms with Crippen LogP contribution in [-0.2, 0) is 20.0 Å². The summed E-state index contributed by atoms with van der Waals surface area (Å²) < 4.78 is 58.5. The molecule has 0 aromatic heterocycles. The molecule has 2 atom stereocenters. The molecule has 4 rings (SSSR count). The van der Waals surface area contributed by atoms with Crippen molar-refractivity contribution in [3.63, 3.8) is 0 Å². The fourth-order valence-electron chi connectivity index (χ4n) is 3.93. The molecule has 0 aliphatic carbocycles. The second-order valence-electron chi connectivity index (χ2n) is 8.11. The molecule has 0 spiro atoms. The molecule has 176 valence electrons. The maximum Gasteiger partial charge on any atom is 0.241 e. The van der Waals surface area contributed by atoms with E-state index in [0.29, 0.717) is 10.8 Å². The predicted octanol–water partition coefficient (Wildman–Crippen LogP) is 4.92. The van der Waals surface area contributed by atoms with E-state index in [9.17, 15) is 16.8 Å². The summed E-state index contributed by atoms with van der Waals surface area (Å²) in [6, 6.07) is 26.9. The molecule has 6 nitrogen and oxygen atoms in total. The Labute approximate surface area is 200 Å². The molecule has 4 aromatic rings. The number of benzene rings is 4. The highest BCUT2D eigenvalue weighted by atomic mass is 32.2. The van der Waals surface area contributed by atoms with E-state index in [2.05, 4.69) is 9.44 Å². The lowest BCUT2D eigenvalue weighted by Crippen LogP contribution is -2.28. The lowest BCUT2D eigenvalue weighted by molar-refractivity contribution is 0.565. The lowest BCUT2D eigenvalue weighted by atomic mass is 10.1. The van der Waals surface area contributed by atoms with Gasteiger partial charge in [-0.05, 0) is 37.1 Å². The van der Waals surface area contributed by atoms with E-state index in [0.717, 1.165) is 11.1 Å². The maximum absolute atomic E-state index is 13.3. The predicted molar refractivity (Wildman–Crippen MR) is 134 cm³/mol. The summed E-state index contributed by atoms with van der Waals surface area (Å²) in [5.74, 6) is 0. The first-order valence-corrected chi connectivity index (χ1v) is 13.8. The van der Waals surface area contributed by atoms with Gasteiger partial charge in [0.1, 0.15) is 0 Å². The van der Waals surface area contributed by atoms with Crippen LogP contribution >= 0.6 is 0 Å². The average Bonchev–Trinajstić information content (AvgIpc) is 2.83. The van der Waals surface area contributed by atoms with Gasteiger partial charge >= 0.3 is 0 Å². The van der Waals surface area contributed by atoms with Crippen molar-refractivity contribution in [1.29, 1.82) is 0 Å². The minimum absolute atomic E-state index is 0.0286. The summed E-state index contributed by atoms with van der Waals surface area (Å²) in [5.41, 5.74) is 1.65. The van der Waals surface area contributed by atoms with Crippen LogP contribution in [0.15, 0.2) is 107 Å². The van der Waals surface area contributed by atoms with Gasteiger partial charge in [0.05, 0.1) is 9.79 Å². The van der Waals surface area contributed by atoms with Crippen molar-refractivity contribution in [3.8, 4) is 0 Å². The molecule has 0 bridgehead atoms. The second kappa shape index (κ2) is 9.68. The Balaban J connectivity index is 1.71. The van der Waals surface area contributed by atoms with Gasteiger partial charge in [-0.3, -0.25) is 0 Å². The Hall–Kier alpha value is -3.04. The van der Waals surface area contributed by atoms with E-state index in [-0.39, 0.29) is 9.79 Å². The van der Waals surface area contributed by atoms with E-state index in [1.54, 1.807) is 38.1 Å². The zero-order valence-corrected chi connectivity index (χ0v) is 20.5. The van der Waals surface area contributed by atoms with Gasteiger partial charge in [0.25, 0.3) is 0 Å². The molecule has 34 heavy (non-hydrogen) atoms. The Morgan fingerprint density at radius 3 is 1.21 bits per heavy atom. The van der Waals surface area contributed by atoms with Crippen LogP contribution in [0.25, 0.3) is 10.8 Å². The van der Waals surface area contributed by atoms with Crippen LogP contribution in [0.3, 0.4) is 0 Å². The first kappa shape index (κ1) is 24.1. The highest BCUT2D eigenvalue weighted by molar-refractivity contribution is 7.90. The summed E-state index contributed by atoms with van der Waals surface area (Å²) in [6.45, 7) is 3.53. The number of rotatable bonds is 8. The first-order valence-electron chi connectivity index (χ1n) is 10.9. The maximum atomic E-state index is 13.3. The molecule has 0 saturated heterocycles. The van der Waals surface area contributed by atoms with Crippen LogP contribution in [0, 0.1) is 0 Å². The van der Waals surface area contributed by atoms with Gasteiger partial charge in [0, 0.05) is 22.9 Å². The molecular weight excluding hydrogens is 468 g/mol. The quantitative estimate of drug-likeness (QED) is 0.364. The first-order chi connectivity index (χ1) is 16.2. The summed E-state index contributed by atoms with van der Waals surface area (Å²) in [5, 5.41) is 0.677. The summed E-state index contributed by atoms with van der Waals surface area (Å²) in [6.07, 6.45) is 0. The smallest absolute Gasteiger partial charge is 0.207 e. The molecule has 0 heterocycles. The van der Waals surface area contributed by atoms with Gasteiger partial charge in [-0.25, -0.2) is 26.3 Å². The van der Waals surface area contributed by atoms with Crippen molar-refractivity contribution in [2.75, 3.05) is 0 Å². The molecule has 0 amide bonds. The van der Waals surface area contributed by atoms with E-state index in [1.165, 1.54) is 12.1 Å². The van der Waals surface area contributed by atoms with Crippen LogP contribution in [0.4, 0.5) is 0 Å².